The standard InChI is InChI=1S/C17H16N2O/c20-17-18-13-15-10-4-5-11-16(15)19(17)12-6-9-14-7-2-1-3-8-14/h1-5,7-8,10-11,13H,6,9,12H2. The highest BCUT2D eigenvalue weighted by Gasteiger charge is 2.03. The van der Waals surface area contributed by atoms with Crippen molar-refractivity contribution in [3.63, 3.8) is 0 Å². The number of aromatic nitrogens is 2. The van der Waals surface area contributed by atoms with Crippen molar-refractivity contribution in [1.82, 2.24) is 9.55 Å². The molecule has 0 atom stereocenters. The van der Waals surface area contributed by atoms with Gasteiger partial charge in [0.2, 0.25) is 0 Å². The highest BCUT2D eigenvalue weighted by atomic mass is 16.1. The van der Waals surface area contributed by atoms with Gasteiger partial charge in [-0.15, -0.1) is 0 Å². The molecule has 0 amide bonds. The van der Waals surface area contributed by atoms with E-state index in [0.29, 0.717) is 6.54 Å². The predicted molar refractivity (Wildman–Crippen MR) is 80.8 cm³/mol. The molecule has 0 spiro atoms. The first kappa shape index (κ1) is 12.6. The van der Waals surface area contributed by atoms with Crippen LogP contribution >= 0.6 is 0 Å². The number of nitrogens with zero attached hydrogens (tertiary/aromatic N) is 2. The Labute approximate surface area is 117 Å². The zero-order valence-corrected chi connectivity index (χ0v) is 11.2. The molecule has 0 N–H and O–H groups in total. The molecule has 0 aliphatic heterocycles. The largest absolute Gasteiger partial charge is 0.348 e. The molecule has 3 aromatic rings. The lowest BCUT2D eigenvalue weighted by Crippen LogP contribution is -2.23. The number of hydrogen-bond donors (Lipinski definition) is 0. The minimum atomic E-state index is -0.170. The van der Waals surface area contributed by atoms with Crippen molar-refractivity contribution >= 4 is 10.9 Å². The first-order valence-corrected chi connectivity index (χ1v) is 6.83. The lowest BCUT2D eigenvalue weighted by atomic mass is 10.1. The molecule has 2 aromatic carbocycles. The molecule has 20 heavy (non-hydrogen) atoms. The quantitative estimate of drug-likeness (QED) is 0.726. The van der Waals surface area contributed by atoms with Crippen LogP contribution in [-0.4, -0.2) is 9.55 Å². The van der Waals surface area contributed by atoms with Gasteiger partial charge in [0.25, 0.3) is 0 Å². The highest BCUT2D eigenvalue weighted by Crippen LogP contribution is 2.11. The molecule has 100 valence electrons. The van der Waals surface area contributed by atoms with E-state index in [1.165, 1.54) is 5.56 Å². The predicted octanol–water partition coefficient (Wildman–Crippen LogP) is 3.03. The zero-order valence-electron chi connectivity index (χ0n) is 11.2. The summed E-state index contributed by atoms with van der Waals surface area (Å²) >= 11 is 0. The highest BCUT2D eigenvalue weighted by molar-refractivity contribution is 5.77. The smallest absolute Gasteiger partial charge is 0.292 e. The Bertz CT molecular complexity index is 763. The summed E-state index contributed by atoms with van der Waals surface area (Å²) in [7, 11) is 0. The van der Waals surface area contributed by atoms with Crippen LogP contribution in [0.1, 0.15) is 12.0 Å². The molecule has 0 radical (unpaired) electrons. The lowest BCUT2D eigenvalue weighted by Gasteiger charge is -2.09. The van der Waals surface area contributed by atoms with Crippen LogP contribution < -0.4 is 5.69 Å². The van der Waals surface area contributed by atoms with E-state index in [1.807, 2.05) is 42.5 Å². The third-order valence-corrected chi connectivity index (χ3v) is 3.46. The Kier molecular flexibility index (Phi) is 3.59. The average Bonchev–Trinajstić information content (AvgIpc) is 2.50. The van der Waals surface area contributed by atoms with Crippen molar-refractivity contribution in [2.75, 3.05) is 0 Å². The molecule has 1 aromatic heterocycles. The van der Waals surface area contributed by atoms with Crippen LogP contribution in [0.15, 0.2) is 65.6 Å². The van der Waals surface area contributed by atoms with Crippen molar-refractivity contribution < 1.29 is 0 Å². The Morgan fingerprint density at radius 3 is 2.55 bits per heavy atom. The molecule has 1 heterocycles. The Balaban J connectivity index is 1.81. The SMILES string of the molecule is O=c1ncc2ccccc2n1CCCc1ccccc1. The van der Waals surface area contributed by atoms with Gasteiger partial charge in [0, 0.05) is 18.1 Å². The molecular weight excluding hydrogens is 248 g/mol. The second kappa shape index (κ2) is 5.70. The van der Waals surface area contributed by atoms with Gasteiger partial charge >= 0.3 is 5.69 Å². The van der Waals surface area contributed by atoms with Crippen LogP contribution in [-0.2, 0) is 13.0 Å². The van der Waals surface area contributed by atoms with E-state index in [9.17, 15) is 4.79 Å². The lowest BCUT2D eigenvalue weighted by molar-refractivity contribution is 0.628. The van der Waals surface area contributed by atoms with Crippen LogP contribution in [0, 0.1) is 0 Å². The molecule has 0 unspecified atom stereocenters. The fraction of sp³-hybridized carbons (Fsp3) is 0.176. The average molecular weight is 264 g/mol. The van der Waals surface area contributed by atoms with E-state index in [4.69, 9.17) is 0 Å². The second-order valence-corrected chi connectivity index (χ2v) is 4.84. The summed E-state index contributed by atoms with van der Waals surface area (Å²) < 4.78 is 1.76. The van der Waals surface area contributed by atoms with Gasteiger partial charge in [-0.1, -0.05) is 48.5 Å². The summed E-state index contributed by atoms with van der Waals surface area (Å²) in [6.07, 6.45) is 3.54. The molecule has 0 saturated carbocycles. The summed E-state index contributed by atoms with van der Waals surface area (Å²) in [6.45, 7) is 0.697. The Hall–Kier alpha value is -2.42. The van der Waals surface area contributed by atoms with E-state index < -0.39 is 0 Å². The summed E-state index contributed by atoms with van der Waals surface area (Å²) in [4.78, 5) is 15.9. The van der Waals surface area contributed by atoms with Gasteiger partial charge in [0.1, 0.15) is 0 Å². The van der Waals surface area contributed by atoms with Gasteiger partial charge in [-0.2, -0.15) is 0 Å². The third kappa shape index (κ3) is 2.62. The molecule has 0 fully saturated rings. The van der Waals surface area contributed by atoms with Crippen molar-refractivity contribution in [2.24, 2.45) is 0 Å². The van der Waals surface area contributed by atoms with Gasteiger partial charge in [0.05, 0.1) is 5.52 Å². The van der Waals surface area contributed by atoms with Gasteiger partial charge < -0.3 is 0 Å². The molecular formula is C17H16N2O. The van der Waals surface area contributed by atoms with Gasteiger partial charge in [-0.05, 0) is 24.5 Å². The maximum Gasteiger partial charge on any atom is 0.348 e. The minimum Gasteiger partial charge on any atom is -0.292 e. The number of aryl methyl sites for hydroxylation is 2. The Morgan fingerprint density at radius 2 is 1.70 bits per heavy atom. The molecule has 3 nitrogen and oxygen atoms in total. The topological polar surface area (TPSA) is 34.9 Å². The van der Waals surface area contributed by atoms with Gasteiger partial charge in [0.15, 0.2) is 0 Å². The van der Waals surface area contributed by atoms with E-state index in [0.717, 1.165) is 23.7 Å². The monoisotopic (exact) mass is 264 g/mol. The van der Waals surface area contributed by atoms with Crippen molar-refractivity contribution in [1.29, 1.82) is 0 Å². The number of para-hydroxylation sites is 1. The van der Waals surface area contributed by atoms with E-state index in [1.54, 1.807) is 10.8 Å². The summed E-state index contributed by atoms with van der Waals surface area (Å²) in [5.41, 5.74) is 2.09. The molecule has 0 aliphatic rings. The molecule has 0 aliphatic carbocycles. The summed E-state index contributed by atoms with van der Waals surface area (Å²) in [6, 6.07) is 18.2. The van der Waals surface area contributed by atoms with Crippen molar-refractivity contribution in [2.45, 2.75) is 19.4 Å². The fourth-order valence-electron chi connectivity index (χ4n) is 2.44. The van der Waals surface area contributed by atoms with Crippen LogP contribution in [0.4, 0.5) is 0 Å². The molecule has 3 heteroatoms. The molecule has 3 rings (SSSR count). The van der Waals surface area contributed by atoms with E-state index in [-0.39, 0.29) is 5.69 Å². The first-order valence-electron chi connectivity index (χ1n) is 6.83. The summed E-state index contributed by atoms with van der Waals surface area (Å²) in [5.74, 6) is 0. The maximum absolute atomic E-state index is 11.9. The molecule has 0 saturated heterocycles. The number of hydrogen-bond acceptors (Lipinski definition) is 2. The van der Waals surface area contributed by atoms with E-state index >= 15 is 0 Å². The third-order valence-electron chi connectivity index (χ3n) is 3.46. The van der Waals surface area contributed by atoms with Crippen LogP contribution in [0.25, 0.3) is 10.9 Å². The van der Waals surface area contributed by atoms with Crippen molar-refractivity contribution in [3.05, 3.63) is 76.8 Å². The fourth-order valence-corrected chi connectivity index (χ4v) is 2.44. The van der Waals surface area contributed by atoms with Gasteiger partial charge in [-0.3, -0.25) is 4.57 Å². The van der Waals surface area contributed by atoms with Crippen LogP contribution in [0.3, 0.4) is 0 Å². The Morgan fingerprint density at radius 1 is 0.950 bits per heavy atom. The second-order valence-electron chi connectivity index (χ2n) is 4.84. The van der Waals surface area contributed by atoms with Crippen molar-refractivity contribution in [3.8, 4) is 0 Å². The maximum atomic E-state index is 11.9. The molecule has 0 bridgehead atoms. The normalized spacial score (nSPS) is 10.8. The number of rotatable bonds is 4. The van der Waals surface area contributed by atoms with Crippen LogP contribution in [0.5, 0.6) is 0 Å². The number of fused-ring (bicyclic) bond motifs is 1. The minimum absolute atomic E-state index is 0.170. The number of benzene rings is 2. The first-order chi connectivity index (χ1) is 9.84. The van der Waals surface area contributed by atoms with Gasteiger partial charge in [-0.25, -0.2) is 9.78 Å². The zero-order chi connectivity index (χ0) is 13.8. The summed E-state index contributed by atoms with van der Waals surface area (Å²) in [5, 5.41) is 1.01. The van der Waals surface area contributed by atoms with E-state index in [2.05, 4.69) is 17.1 Å². The van der Waals surface area contributed by atoms with Crippen LogP contribution in [0.2, 0.25) is 0 Å².